The zero-order valence-corrected chi connectivity index (χ0v) is 13.5. The highest BCUT2D eigenvalue weighted by atomic mass is 16.4. The molecule has 0 aliphatic carbocycles. The minimum atomic E-state index is 0.176. The van der Waals surface area contributed by atoms with Crippen LogP contribution in [0.2, 0.25) is 0 Å². The molecule has 2 nitrogen and oxygen atoms in total. The van der Waals surface area contributed by atoms with E-state index in [4.69, 9.17) is 4.42 Å². The minimum Gasteiger partial charge on any atom is -0.445 e. The van der Waals surface area contributed by atoms with E-state index in [-0.39, 0.29) is 5.41 Å². The summed E-state index contributed by atoms with van der Waals surface area (Å²) in [5, 5.41) is 0. The van der Waals surface area contributed by atoms with E-state index in [2.05, 4.69) is 32.7 Å². The second kappa shape index (κ2) is 7.72. The molecule has 19 heavy (non-hydrogen) atoms. The first-order chi connectivity index (χ1) is 9.03. The number of aromatic nitrogens is 1. The third kappa shape index (κ3) is 4.67. The first kappa shape index (κ1) is 16.3. The van der Waals surface area contributed by atoms with E-state index in [1.54, 1.807) is 0 Å². The Labute approximate surface area is 119 Å². The van der Waals surface area contributed by atoms with Crippen molar-refractivity contribution in [1.29, 1.82) is 0 Å². The highest BCUT2D eigenvalue weighted by Crippen LogP contribution is 2.37. The van der Waals surface area contributed by atoms with Crippen LogP contribution in [0.5, 0.6) is 0 Å². The molecule has 0 bridgehead atoms. The van der Waals surface area contributed by atoms with Crippen molar-refractivity contribution in [1.82, 2.24) is 4.98 Å². The Kier molecular flexibility index (Phi) is 6.60. The van der Waals surface area contributed by atoms with E-state index in [1.165, 1.54) is 51.4 Å². The van der Waals surface area contributed by atoms with Crippen LogP contribution in [0.15, 0.2) is 4.42 Å². The summed E-state index contributed by atoms with van der Waals surface area (Å²) in [5.41, 5.74) is 1.27. The van der Waals surface area contributed by atoms with E-state index in [9.17, 15) is 0 Å². The first-order valence-corrected chi connectivity index (χ1v) is 7.98. The van der Waals surface area contributed by atoms with Gasteiger partial charge in [-0.25, -0.2) is 4.98 Å². The number of rotatable bonds is 9. The summed E-state index contributed by atoms with van der Waals surface area (Å²) < 4.78 is 5.92. The van der Waals surface area contributed by atoms with Crippen LogP contribution >= 0.6 is 0 Å². The Balaban J connectivity index is 2.76. The number of unbranched alkanes of at least 4 members (excludes halogenated alkanes) is 4. The van der Waals surface area contributed by atoms with Crippen molar-refractivity contribution >= 4 is 0 Å². The number of oxazole rings is 1. The SMILES string of the molecule is CCCCCCC(C)(CCCC)c1oc(C)nc1C. The zero-order chi connectivity index (χ0) is 14.3. The summed E-state index contributed by atoms with van der Waals surface area (Å²) in [7, 11) is 0. The molecule has 0 aliphatic rings. The van der Waals surface area contributed by atoms with Gasteiger partial charge in [-0.15, -0.1) is 0 Å². The van der Waals surface area contributed by atoms with Crippen molar-refractivity contribution in [2.45, 2.75) is 91.4 Å². The molecule has 1 aromatic rings. The van der Waals surface area contributed by atoms with Gasteiger partial charge in [0.1, 0.15) is 5.76 Å². The largest absolute Gasteiger partial charge is 0.445 e. The Morgan fingerprint density at radius 3 is 2.11 bits per heavy atom. The molecule has 110 valence electrons. The highest BCUT2D eigenvalue weighted by molar-refractivity contribution is 5.18. The lowest BCUT2D eigenvalue weighted by atomic mass is 9.77. The minimum absolute atomic E-state index is 0.176. The fourth-order valence-corrected chi connectivity index (χ4v) is 2.95. The Bertz CT molecular complexity index is 369. The van der Waals surface area contributed by atoms with Crippen LogP contribution in [0.1, 0.15) is 89.5 Å². The molecule has 0 aromatic carbocycles. The fourth-order valence-electron chi connectivity index (χ4n) is 2.95. The smallest absolute Gasteiger partial charge is 0.191 e. The molecule has 1 aromatic heterocycles. The van der Waals surface area contributed by atoms with Crippen molar-refractivity contribution in [3.63, 3.8) is 0 Å². The molecule has 0 radical (unpaired) electrons. The van der Waals surface area contributed by atoms with E-state index in [0.717, 1.165) is 17.3 Å². The molecule has 0 amide bonds. The first-order valence-electron chi connectivity index (χ1n) is 7.98. The van der Waals surface area contributed by atoms with Crippen LogP contribution in [0.4, 0.5) is 0 Å². The Morgan fingerprint density at radius 1 is 0.947 bits per heavy atom. The second-order valence-corrected chi connectivity index (χ2v) is 6.12. The summed E-state index contributed by atoms with van der Waals surface area (Å²) in [6.45, 7) is 10.9. The van der Waals surface area contributed by atoms with Crippen LogP contribution < -0.4 is 0 Å². The predicted octanol–water partition coefficient (Wildman–Crippen LogP) is 5.71. The molecule has 1 heterocycles. The highest BCUT2D eigenvalue weighted by Gasteiger charge is 2.31. The summed E-state index contributed by atoms with van der Waals surface area (Å²) >= 11 is 0. The molecule has 0 spiro atoms. The molecule has 0 N–H and O–H groups in total. The summed E-state index contributed by atoms with van der Waals surface area (Å²) in [6, 6.07) is 0. The summed E-state index contributed by atoms with van der Waals surface area (Å²) in [5.74, 6) is 1.94. The number of nitrogens with zero attached hydrogens (tertiary/aromatic N) is 1. The maximum atomic E-state index is 5.92. The molecule has 0 saturated heterocycles. The Hall–Kier alpha value is -0.790. The number of aryl methyl sites for hydroxylation is 2. The van der Waals surface area contributed by atoms with Gasteiger partial charge in [-0.2, -0.15) is 0 Å². The zero-order valence-electron chi connectivity index (χ0n) is 13.5. The topological polar surface area (TPSA) is 26.0 Å². The van der Waals surface area contributed by atoms with Gasteiger partial charge in [0.15, 0.2) is 5.89 Å². The van der Waals surface area contributed by atoms with Crippen LogP contribution in [-0.2, 0) is 5.41 Å². The van der Waals surface area contributed by atoms with Crippen LogP contribution in [0.3, 0.4) is 0 Å². The fraction of sp³-hybridized carbons (Fsp3) is 0.824. The quantitative estimate of drug-likeness (QED) is 0.534. The maximum absolute atomic E-state index is 5.92. The lowest BCUT2D eigenvalue weighted by Gasteiger charge is -2.28. The summed E-state index contributed by atoms with van der Waals surface area (Å²) in [4.78, 5) is 4.46. The summed E-state index contributed by atoms with van der Waals surface area (Å²) in [6.07, 6.45) is 10.2. The average molecular weight is 265 g/mol. The predicted molar refractivity (Wildman–Crippen MR) is 81.6 cm³/mol. The van der Waals surface area contributed by atoms with E-state index in [0.29, 0.717) is 0 Å². The van der Waals surface area contributed by atoms with E-state index in [1.807, 2.05) is 6.92 Å². The van der Waals surface area contributed by atoms with E-state index < -0.39 is 0 Å². The standard InChI is InChI=1S/C17H31NO/c1-6-8-10-11-13-17(5,12-9-7-2)16-14(3)18-15(4)19-16/h6-13H2,1-5H3. The molecule has 2 heteroatoms. The van der Waals surface area contributed by atoms with Crippen molar-refractivity contribution in [3.05, 3.63) is 17.3 Å². The molecule has 1 unspecified atom stereocenters. The van der Waals surface area contributed by atoms with Gasteiger partial charge in [-0.3, -0.25) is 0 Å². The number of hydrogen-bond acceptors (Lipinski definition) is 2. The molecule has 0 saturated carbocycles. The molecular weight excluding hydrogens is 234 g/mol. The Morgan fingerprint density at radius 2 is 1.58 bits per heavy atom. The average Bonchev–Trinajstić information content (AvgIpc) is 2.72. The molecule has 1 rings (SSSR count). The number of hydrogen-bond donors (Lipinski definition) is 0. The van der Waals surface area contributed by atoms with Crippen molar-refractivity contribution in [3.8, 4) is 0 Å². The van der Waals surface area contributed by atoms with Crippen LogP contribution in [-0.4, -0.2) is 4.98 Å². The third-order valence-electron chi connectivity index (χ3n) is 4.12. The normalized spacial score (nSPS) is 14.6. The van der Waals surface area contributed by atoms with Gasteiger partial charge in [-0.1, -0.05) is 59.3 Å². The third-order valence-corrected chi connectivity index (χ3v) is 4.12. The molecular formula is C17H31NO. The molecule has 0 aliphatic heterocycles. The van der Waals surface area contributed by atoms with E-state index >= 15 is 0 Å². The van der Waals surface area contributed by atoms with Gasteiger partial charge in [0, 0.05) is 12.3 Å². The second-order valence-electron chi connectivity index (χ2n) is 6.12. The molecule has 1 atom stereocenters. The van der Waals surface area contributed by atoms with Crippen LogP contribution in [0.25, 0.3) is 0 Å². The van der Waals surface area contributed by atoms with Crippen molar-refractivity contribution in [2.24, 2.45) is 0 Å². The van der Waals surface area contributed by atoms with Gasteiger partial charge >= 0.3 is 0 Å². The van der Waals surface area contributed by atoms with Crippen molar-refractivity contribution in [2.75, 3.05) is 0 Å². The van der Waals surface area contributed by atoms with Gasteiger partial charge in [-0.05, 0) is 19.8 Å². The monoisotopic (exact) mass is 265 g/mol. The van der Waals surface area contributed by atoms with Gasteiger partial charge in [0.2, 0.25) is 0 Å². The lowest BCUT2D eigenvalue weighted by molar-refractivity contribution is 0.294. The lowest BCUT2D eigenvalue weighted by Crippen LogP contribution is -2.22. The van der Waals surface area contributed by atoms with Crippen LogP contribution in [0, 0.1) is 13.8 Å². The van der Waals surface area contributed by atoms with Crippen molar-refractivity contribution < 1.29 is 4.42 Å². The molecule has 0 fully saturated rings. The van der Waals surface area contributed by atoms with Gasteiger partial charge in [0.05, 0.1) is 5.69 Å². The maximum Gasteiger partial charge on any atom is 0.191 e. The van der Waals surface area contributed by atoms with Gasteiger partial charge in [0.25, 0.3) is 0 Å². The van der Waals surface area contributed by atoms with Gasteiger partial charge < -0.3 is 4.42 Å².